The summed E-state index contributed by atoms with van der Waals surface area (Å²) in [6.07, 6.45) is 0. The average Bonchev–Trinajstić information content (AvgIpc) is 1.96. The number of nitrogens with zero attached hydrogens (tertiary/aromatic N) is 2. The van der Waals surface area contributed by atoms with E-state index in [0.717, 1.165) is 6.54 Å². The number of hydrogen-bond donors (Lipinski definition) is 0. The minimum absolute atomic E-state index is 0.0718. The number of ketones is 1. The van der Waals surface area contributed by atoms with E-state index >= 15 is 0 Å². The summed E-state index contributed by atoms with van der Waals surface area (Å²) < 4.78 is 0. The van der Waals surface area contributed by atoms with Gasteiger partial charge in [-0.05, 0) is 0 Å². The normalized spacial score (nSPS) is 19.8. The van der Waals surface area contributed by atoms with Crippen molar-refractivity contribution < 1.29 is 9.59 Å². The monoisotopic (exact) mass is 169 g/mol. The molecular weight excluding hydrogens is 156 g/mol. The summed E-state index contributed by atoms with van der Waals surface area (Å²) >= 11 is 0. The average molecular weight is 169 g/mol. The van der Waals surface area contributed by atoms with Crippen molar-refractivity contribution in [3.63, 3.8) is 0 Å². The maximum atomic E-state index is 11.1. The standard InChI is InChI=1S/C8H13N2O2/c1-7(11)5-10-4-3-9(2)8(12)6-10/h1,3-6H2,2H3. The maximum absolute atomic E-state index is 11.1. The molecule has 1 rings (SSSR count). The van der Waals surface area contributed by atoms with E-state index in [2.05, 4.69) is 6.92 Å². The molecule has 12 heavy (non-hydrogen) atoms. The van der Waals surface area contributed by atoms with E-state index in [1.165, 1.54) is 0 Å². The lowest BCUT2D eigenvalue weighted by Gasteiger charge is -2.31. The number of amides is 1. The molecule has 4 heteroatoms. The smallest absolute Gasteiger partial charge is 0.236 e. The molecule has 1 heterocycles. The lowest BCUT2D eigenvalue weighted by atomic mass is 10.3. The number of Topliss-reactive ketones (excluding diaryl/α,β-unsaturated/α-hetero) is 1. The van der Waals surface area contributed by atoms with Crippen molar-refractivity contribution >= 4 is 11.7 Å². The summed E-state index contributed by atoms with van der Waals surface area (Å²) in [5, 5.41) is 0. The molecular formula is C8H13N2O2. The third-order valence-electron chi connectivity index (χ3n) is 1.94. The molecule has 1 aliphatic rings. The van der Waals surface area contributed by atoms with Gasteiger partial charge in [0.15, 0.2) is 0 Å². The Morgan fingerprint density at radius 2 is 2.25 bits per heavy atom. The van der Waals surface area contributed by atoms with Gasteiger partial charge in [0, 0.05) is 27.1 Å². The first kappa shape index (κ1) is 9.19. The van der Waals surface area contributed by atoms with Crippen LogP contribution in [-0.2, 0) is 9.59 Å². The van der Waals surface area contributed by atoms with Gasteiger partial charge in [0.25, 0.3) is 0 Å². The zero-order chi connectivity index (χ0) is 9.14. The fourth-order valence-corrected chi connectivity index (χ4v) is 1.19. The molecule has 0 N–H and O–H groups in total. The fourth-order valence-electron chi connectivity index (χ4n) is 1.19. The van der Waals surface area contributed by atoms with Crippen molar-refractivity contribution in [2.45, 2.75) is 0 Å². The summed E-state index contributed by atoms with van der Waals surface area (Å²) in [5.41, 5.74) is 0. The van der Waals surface area contributed by atoms with Crippen LogP contribution >= 0.6 is 0 Å². The molecule has 1 amide bonds. The van der Waals surface area contributed by atoms with E-state index in [4.69, 9.17) is 0 Å². The van der Waals surface area contributed by atoms with Gasteiger partial charge in [0.1, 0.15) is 5.78 Å². The number of rotatable bonds is 2. The number of carbonyl (C=O) groups excluding carboxylic acids is 2. The molecule has 1 radical (unpaired) electrons. The second kappa shape index (κ2) is 3.67. The van der Waals surface area contributed by atoms with Crippen LogP contribution in [0.2, 0.25) is 0 Å². The van der Waals surface area contributed by atoms with Crippen LogP contribution in [0, 0.1) is 6.92 Å². The van der Waals surface area contributed by atoms with Gasteiger partial charge in [0.2, 0.25) is 5.91 Å². The second-order valence-electron chi connectivity index (χ2n) is 3.06. The van der Waals surface area contributed by atoms with E-state index in [9.17, 15) is 9.59 Å². The van der Waals surface area contributed by atoms with E-state index in [-0.39, 0.29) is 11.7 Å². The lowest BCUT2D eigenvalue weighted by Crippen LogP contribution is -2.49. The fraction of sp³-hybridized carbons (Fsp3) is 0.625. The molecule has 0 unspecified atom stereocenters. The molecule has 0 saturated carbocycles. The van der Waals surface area contributed by atoms with Crippen molar-refractivity contribution in [2.75, 3.05) is 33.2 Å². The van der Waals surface area contributed by atoms with E-state index in [1.54, 1.807) is 11.9 Å². The zero-order valence-corrected chi connectivity index (χ0v) is 7.25. The van der Waals surface area contributed by atoms with Crippen LogP contribution in [0.4, 0.5) is 0 Å². The zero-order valence-electron chi connectivity index (χ0n) is 7.25. The molecule has 4 nitrogen and oxygen atoms in total. The van der Waals surface area contributed by atoms with Crippen LogP contribution in [0.15, 0.2) is 0 Å². The molecule has 0 aromatic rings. The lowest BCUT2D eigenvalue weighted by molar-refractivity contribution is -0.135. The second-order valence-corrected chi connectivity index (χ2v) is 3.06. The molecule has 0 aliphatic carbocycles. The van der Waals surface area contributed by atoms with Crippen LogP contribution in [-0.4, -0.2) is 54.7 Å². The van der Waals surface area contributed by atoms with Gasteiger partial charge in [-0.15, -0.1) is 0 Å². The van der Waals surface area contributed by atoms with E-state index in [0.29, 0.717) is 19.6 Å². The van der Waals surface area contributed by atoms with Gasteiger partial charge in [-0.3, -0.25) is 14.5 Å². The SMILES string of the molecule is [CH2]C(=O)CN1CCN(C)C(=O)C1. The highest BCUT2D eigenvalue weighted by atomic mass is 16.2. The Labute approximate surface area is 72.1 Å². The molecule has 1 saturated heterocycles. The highest BCUT2D eigenvalue weighted by Gasteiger charge is 2.21. The van der Waals surface area contributed by atoms with Crippen molar-refractivity contribution in [3.05, 3.63) is 6.92 Å². The number of piperazine rings is 1. The van der Waals surface area contributed by atoms with Crippen molar-refractivity contribution in [1.29, 1.82) is 0 Å². The molecule has 67 valence electrons. The molecule has 0 aromatic heterocycles. The predicted octanol–water partition coefficient (Wildman–Crippen LogP) is -0.836. The van der Waals surface area contributed by atoms with E-state index < -0.39 is 0 Å². The predicted molar refractivity (Wildman–Crippen MR) is 44.4 cm³/mol. The van der Waals surface area contributed by atoms with Crippen LogP contribution in [0.25, 0.3) is 0 Å². The quantitative estimate of drug-likeness (QED) is 0.541. The Morgan fingerprint density at radius 1 is 1.58 bits per heavy atom. The third kappa shape index (κ3) is 2.30. The van der Waals surface area contributed by atoms with Gasteiger partial charge in [-0.2, -0.15) is 0 Å². The Kier molecular flexibility index (Phi) is 2.81. The molecule has 0 spiro atoms. The molecule has 0 atom stereocenters. The van der Waals surface area contributed by atoms with Crippen molar-refractivity contribution in [1.82, 2.24) is 9.80 Å². The molecule has 0 aromatic carbocycles. The van der Waals surface area contributed by atoms with Crippen LogP contribution in [0.1, 0.15) is 0 Å². The van der Waals surface area contributed by atoms with Gasteiger partial charge >= 0.3 is 0 Å². The van der Waals surface area contributed by atoms with Crippen LogP contribution in [0.5, 0.6) is 0 Å². The first-order chi connectivity index (χ1) is 5.59. The summed E-state index contributed by atoms with van der Waals surface area (Å²) in [5.74, 6) is -0.0603. The Morgan fingerprint density at radius 3 is 2.75 bits per heavy atom. The van der Waals surface area contributed by atoms with Gasteiger partial charge < -0.3 is 4.90 Å². The molecule has 0 bridgehead atoms. The number of hydrogen-bond acceptors (Lipinski definition) is 3. The number of likely N-dealkylation sites (N-methyl/N-ethyl adjacent to an activating group) is 1. The molecule has 1 aliphatic heterocycles. The van der Waals surface area contributed by atoms with Gasteiger partial charge in [-0.25, -0.2) is 0 Å². The minimum Gasteiger partial charge on any atom is -0.343 e. The Bertz CT molecular complexity index is 203. The topological polar surface area (TPSA) is 40.6 Å². The van der Waals surface area contributed by atoms with E-state index in [1.807, 2.05) is 4.90 Å². The van der Waals surface area contributed by atoms with Gasteiger partial charge in [-0.1, -0.05) is 0 Å². The number of carbonyl (C=O) groups is 2. The summed E-state index contributed by atoms with van der Waals surface area (Å²) in [6.45, 7) is 5.38. The first-order valence-electron chi connectivity index (χ1n) is 3.90. The van der Waals surface area contributed by atoms with Crippen LogP contribution in [0.3, 0.4) is 0 Å². The van der Waals surface area contributed by atoms with Crippen LogP contribution < -0.4 is 0 Å². The van der Waals surface area contributed by atoms with Gasteiger partial charge in [0.05, 0.1) is 13.1 Å². The Balaban J connectivity index is 2.40. The minimum atomic E-state index is -0.132. The summed E-state index contributed by atoms with van der Waals surface area (Å²) in [7, 11) is 1.77. The summed E-state index contributed by atoms with van der Waals surface area (Å²) in [6, 6.07) is 0. The highest BCUT2D eigenvalue weighted by Crippen LogP contribution is 1.99. The third-order valence-corrected chi connectivity index (χ3v) is 1.94. The first-order valence-corrected chi connectivity index (χ1v) is 3.90. The van der Waals surface area contributed by atoms with Crippen molar-refractivity contribution in [3.8, 4) is 0 Å². The maximum Gasteiger partial charge on any atom is 0.236 e. The molecule has 1 fully saturated rings. The summed E-state index contributed by atoms with van der Waals surface area (Å²) in [4.78, 5) is 25.2. The highest BCUT2D eigenvalue weighted by molar-refractivity contribution is 5.85. The Hall–Kier alpha value is -0.900. The largest absolute Gasteiger partial charge is 0.343 e. The van der Waals surface area contributed by atoms with Crippen molar-refractivity contribution in [2.24, 2.45) is 0 Å².